The van der Waals surface area contributed by atoms with E-state index in [4.69, 9.17) is 5.11 Å². The standard InChI is InChI=1S/C14H15N3O5/c18-11(19)5-6-15-14(22)16-7-8-17-12(20)9-3-1-2-4-10(9)13(17)21/h1-4H,5-8H2,(H,18,19)(H2,15,16,22). The molecule has 0 fully saturated rings. The van der Waals surface area contributed by atoms with Gasteiger partial charge in [0, 0.05) is 19.6 Å². The topological polar surface area (TPSA) is 116 Å². The Hall–Kier alpha value is -2.90. The molecular weight excluding hydrogens is 290 g/mol. The van der Waals surface area contributed by atoms with E-state index in [9.17, 15) is 19.2 Å². The normalized spacial score (nSPS) is 13.0. The van der Waals surface area contributed by atoms with E-state index >= 15 is 0 Å². The lowest BCUT2D eigenvalue weighted by molar-refractivity contribution is -0.136. The van der Waals surface area contributed by atoms with Crippen molar-refractivity contribution in [3.8, 4) is 0 Å². The predicted molar refractivity (Wildman–Crippen MR) is 75.5 cm³/mol. The fourth-order valence-corrected chi connectivity index (χ4v) is 2.07. The van der Waals surface area contributed by atoms with Crippen LogP contribution >= 0.6 is 0 Å². The Kier molecular flexibility index (Phi) is 4.72. The summed E-state index contributed by atoms with van der Waals surface area (Å²) in [5.74, 6) is -1.77. The average molecular weight is 305 g/mol. The van der Waals surface area contributed by atoms with Gasteiger partial charge in [-0.2, -0.15) is 0 Å². The van der Waals surface area contributed by atoms with Gasteiger partial charge in [-0.1, -0.05) is 12.1 Å². The third kappa shape index (κ3) is 3.40. The van der Waals surface area contributed by atoms with Gasteiger partial charge in [0.15, 0.2) is 0 Å². The summed E-state index contributed by atoms with van der Waals surface area (Å²) >= 11 is 0. The van der Waals surface area contributed by atoms with Crippen LogP contribution in [0.4, 0.5) is 4.79 Å². The molecule has 0 atom stereocenters. The second-order valence-corrected chi connectivity index (χ2v) is 4.63. The van der Waals surface area contributed by atoms with Crippen LogP contribution < -0.4 is 10.6 Å². The molecule has 116 valence electrons. The number of urea groups is 1. The second-order valence-electron chi connectivity index (χ2n) is 4.63. The maximum atomic E-state index is 12.0. The van der Waals surface area contributed by atoms with Crippen molar-refractivity contribution in [3.63, 3.8) is 0 Å². The molecule has 2 rings (SSSR count). The minimum atomic E-state index is -1.01. The predicted octanol–water partition coefficient (Wildman–Crippen LogP) is 0.0565. The summed E-state index contributed by atoms with van der Waals surface area (Å²) in [6, 6.07) is 5.99. The molecule has 1 heterocycles. The number of carboxylic acid groups (broad SMARTS) is 1. The Balaban J connectivity index is 1.79. The summed E-state index contributed by atoms with van der Waals surface area (Å²) in [4.78, 5) is 46.8. The van der Waals surface area contributed by atoms with Gasteiger partial charge in [-0.15, -0.1) is 0 Å². The molecule has 0 spiro atoms. The third-order valence-electron chi connectivity index (χ3n) is 3.12. The molecule has 0 saturated carbocycles. The molecule has 8 nitrogen and oxygen atoms in total. The number of carbonyl (C=O) groups excluding carboxylic acids is 3. The zero-order valence-electron chi connectivity index (χ0n) is 11.7. The Morgan fingerprint density at radius 1 is 1.00 bits per heavy atom. The number of carboxylic acids is 1. The molecule has 1 aliphatic heterocycles. The van der Waals surface area contributed by atoms with Crippen molar-refractivity contribution in [1.82, 2.24) is 15.5 Å². The number of carbonyl (C=O) groups is 4. The lowest BCUT2D eigenvalue weighted by Crippen LogP contribution is -2.42. The van der Waals surface area contributed by atoms with Gasteiger partial charge in [-0.3, -0.25) is 19.3 Å². The molecule has 0 bridgehead atoms. The summed E-state index contributed by atoms with van der Waals surface area (Å²) in [5.41, 5.74) is 0.719. The number of amides is 4. The van der Waals surface area contributed by atoms with Gasteiger partial charge >= 0.3 is 12.0 Å². The van der Waals surface area contributed by atoms with Crippen LogP contribution in [0.1, 0.15) is 27.1 Å². The molecule has 1 aliphatic rings. The van der Waals surface area contributed by atoms with Crippen molar-refractivity contribution in [2.75, 3.05) is 19.6 Å². The molecule has 0 unspecified atom stereocenters. The summed E-state index contributed by atoms with van der Waals surface area (Å²) in [6.07, 6.45) is -0.175. The lowest BCUT2D eigenvalue weighted by atomic mass is 10.1. The van der Waals surface area contributed by atoms with Crippen LogP contribution in [-0.4, -0.2) is 53.5 Å². The second kappa shape index (κ2) is 6.70. The molecule has 4 amide bonds. The van der Waals surface area contributed by atoms with Gasteiger partial charge in [-0.25, -0.2) is 4.79 Å². The quantitative estimate of drug-likeness (QED) is 0.643. The van der Waals surface area contributed by atoms with E-state index in [2.05, 4.69) is 10.6 Å². The molecule has 0 aliphatic carbocycles. The largest absolute Gasteiger partial charge is 0.481 e. The maximum Gasteiger partial charge on any atom is 0.314 e. The van der Waals surface area contributed by atoms with E-state index in [1.54, 1.807) is 24.3 Å². The molecule has 1 aromatic rings. The van der Waals surface area contributed by atoms with Crippen LogP contribution in [0.25, 0.3) is 0 Å². The smallest absolute Gasteiger partial charge is 0.314 e. The highest BCUT2D eigenvalue weighted by molar-refractivity contribution is 6.21. The number of nitrogens with zero attached hydrogens (tertiary/aromatic N) is 1. The van der Waals surface area contributed by atoms with E-state index in [1.807, 2.05) is 0 Å². The Bertz CT molecular complexity index is 594. The Morgan fingerprint density at radius 2 is 1.55 bits per heavy atom. The van der Waals surface area contributed by atoms with Crippen LogP contribution in [-0.2, 0) is 4.79 Å². The molecule has 22 heavy (non-hydrogen) atoms. The van der Waals surface area contributed by atoms with Gasteiger partial charge in [-0.05, 0) is 12.1 Å². The van der Waals surface area contributed by atoms with Gasteiger partial charge < -0.3 is 15.7 Å². The average Bonchev–Trinajstić information content (AvgIpc) is 2.72. The monoisotopic (exact) mass is 305 g/mol. The highest BCUT2D eigenvalue weighted by atomic mass is 16.4. The molecule has 1 aromatic carbocycles. The van der Waals surface area contributed by atoms with Crippen molar-refractivity contribution < 1.29 is 24.3 Å². The highest BCUT2D eigenvalue weighted by Crippen LogP contribution is 2.21. The van der Waals surface area contributed by atoms with E-state index < -0.39 is 12.0 Å². The highest BCUT2D eigenvalue weighted by Gasteiger charge is 2.34. The molecule has 3 N–H and O–H groups in total. The molecule has 0 radical (unpaired) electrons. The van der Waals surface area contributed by atoms with E-state index in [1.165, 1.54) is 0 Å². The van der Waals surface area contributed by atoms with Crippen molar-refractivity contribution >= 4 is 23.8 Å². The van der Waals surface area contributed by atoms with Gasteiger partial charge in [0.2, 0.25) is 0 Å². The number of nitrogens with one attached hydrogen (secondary N) is 2. The first-order chi connectivity index (χ1) is 10.5. The number of aliphatic carboxylic acids is 1. The fraction of sp³-hybridized carbons (Fsp3) is 0.286. The van der Waals surface area contributed by atoms with Gasteiger partial charge in [0.1, 0.15) is 0 Å². The molecule has 8 heteroatoms. The SMILES string of the molecule is O=C(O)CCNC(=O)NCCN1C(=O)c2ccccc2C1=O. The van der Waals surface area contributed by atoms with Gasteiger partial charge in [0.05, 0.1) is 17.5 Å². The number of hydrogen-bond donors (Lipinski definition) is 3. The van der Waals surface area contributed by atoms with E-state index in [0.717, 1.165) is 4.90 Å². The Labute approximate surface area is 126 Å². The maximum absolute atomic E-state index is 12.0. The van der Waals surface area contributed by atoms with Crippen LogP contribution in [0.3, 0.4) is 0 Å². The van der Waals surface area contributed by atoms with Crippen LogP contribution in [0.5, 0.6) is 0 Å². The zero-order chi connectivity index (χ0) is 16.1. The van der Waals surface area contributed by atoms with Crippen molar-refractivity contribution in [1.29, 1.82) is 0 Å². The number of hydrogen-bond acceptors (Lipinski definition) is 4. The number of imide groups is 1. The van der Waals surface area contributed by atoms with Crippen molar-refractivity contribution in [2.45, 2.75) is 6.42 Å². The zero-order valence-corrected chi connectivity index (χ0v) is 11.7. The first-order valence-electron chi connectivity index (χ1n) is 6.69. The number of fused-ring (bicyclic) bond motifs is 1. The summed E-state index contributed by atoms with van der Waals surface area (Å²) < 4.78 is 0. The fourth-order valence-electron chi connectivity index (χ4n) is 2.07. The first kappa shape index (κ1) is 15.5. The van der Waals surface area contributed by atoms with Crippen LogP contribution in [0.15, 0.2) is 24.3 Å². The summed E-state index contributed by atoms with van der Waals surface area (Å²) in [5, 5.41) is 13.3. The minimum Gasteiger partial charge on any atom is -0.481 e. The Morgan fingerprint density at radius 3 is 2.09 bits per heavy atom. The van der Waals surface area contributed by atoms with E-state index in [-0.39, 0.29) is 37.9 Å². The van der Waals surface area contributed by atoms with Crippen molar-refractivity contribution in [3.05, 3.63) is 35.4 Å². The summed E-state index contributed by atoms with van der Waals surface area (Å²) in [6.45, 7) is 0.150. The third-order valence-corrected chi connectivity index (χ3v) is 3.12. The molecule has 0 aromatic heterocycles. The summed E-state index contributed by atoms with van der Waals surface area (Å²) in [7, 11) is 0. The first-order valence-corrected chi connectivity index (χ1v) is 6.69. The lowest BCUT2D eigenvalue weighted by Gasteiger charge is -2.14. The van der Waals surface area contributed by atoms with Crippen LogP contribution in [0.2, 0.25) is 0 Å². The minimum absolute atomic E-state index is 0.00812. The van der Waals surface area contributed by atoms with Crippen molar-refractivity contribution in [2.24, 2.45) is 0 Å². The van der Waals surface area contributed by atoms with Gasteiger partial charge in [0.25, 0.3) is 11.8 Å². The van der Waals surface area contributed by atoms with E-state index in [0.29, 0.717) is 11.1 Å². The molecular formula is C14H15N3O5. The van der Waals surface area contributed by atoms with Crippen LogP contribution in [0, 0.1) is 0 Å². The number of benzene rings is 1. The number of rotatable bonds is 6. The molecule has 0 saturated heterocycles.